The van der Waals surface area contributed by atoms with E-state index in [2.05, 4.69) is 20.0 Å². The molecule has 12 heteroatoms. The molecule has 152 valence electrons. The monoisotopic (exact) mass is 393 g/mol. The van der Waals surface area contributed by atoms with Crippen LogP contribution in [0.1, 0.15) is 18.1 Å². The summed E-state index contributed by atoms with van der Waals surface area (Å²) in [5.41, 5.74) is 0. The van der Waals surface area contributed by atoms with Crippen molar-refractivity contribution >= 4 is 5.91 Å². The number of carbonyl (C=O) groups excluding carboxylic acids is 1. The molecule has 0 unspecified atom stereocenters. The highest BCUT2D eigenvalue weighted by Gasteiger charge is 2.38. The van der Waals surface area contributed by atoms with Crippen molar-refractivity contribution in [1.82, 2.24) is 25.3 Å². The van der Waals surface area contributed by atoms with Gasteiger partial charge in [0.15, 0.2) is 0 Å². The van der Waals surface area contributed by atoms with Crippen LogP contribution in [-0.4, -0.2) is 89.0 Å². The van der Waals surface area contributed by atoms with E-state index in [1.54, 1.807) is 4.90 Å². The minimum atomic E-state index is -4.66. The molecule has 2 N–H and O–H groups in total. The molecule has 2 aliphatic rings. The molecule has 3 heterocycles. The van der Waals surface area contributed by atoms with Crippen LogP contribution >= 0.6 is 0 Å². The smallest absolute Gasteiger partial charge is 0.391 e. The molecule has 1 aromatic rings. The third-order valence-corrected chi connectivity index (χ3v) is 4.56. The van der Waals surface area contributed by atoms with Crippen molar-refractivity contribution in [2.75, 3.05) is 45.9 Å². The van der Waals surface area contributed by atoms with Gasteiger partial charge in [0.25, 0.3) is 5.82 Å². The van der Waals surface area contributed by atoms with Crippen molar-refractivity contribution in [1.29, 1.82) is 0 Å². The third kappa shape index (κ3) is 5.61. The average molecular weight is 393 g/mol. The second-order valence-electron chi connectivity index (χ2n) is 6.66. The Labute approximate surface area is 153 Å². The molecule has 27 heavy (non-hydrogen) atoms. The number of carbonyl (C=O) groups is 1. The lowest BCUT2D eigenvalue weighted by Crippen LogP contribution is -2.56. The Morgan fingerprint density at radius 2 is 2.00 bits per heavy atom. The summed E-state index contributed by atoms with van der Waals surface area (Å²) in [6, 6.07) is -0.516. The molecule has 0 saturated carbocycles. The van der Waals surface area contributed by atoms with Crippen LogP contribution in [-0.2, 0) is 22.3 Å². The zero-order chi connectivity index (χ0) is 19.4. The fraction of sp³-hybridized carbons (Fsp3) is 0.800. The average Bonchev–Trinajstić information content (AvgIpc) is 3.07. The van der Waals surface area contributed by atoms with E-state index < -0.39 is 24.1 Å². The van der Waals surface area contributed by atoms with E-state index in [0.29, 0.717) is 39.3 Å². The summed E-state index contributed by atoms with van der Waals surface area (Å²) in [5.74, 6) is -1.68. The molecule has 0 bridgehead atoms. The van der Waals surface area contributed by atoms with E-state index in [0.717, 1.165) is 0 Å². The van der Waals surface area contributed by atoms with Gasteiger partial charge in [0.05, 0.1) is 38.4 Å². The summed E-state index contributed by atoms with van der Waals surface area (Å²) in [4.78, 5) is 19.3. The Hall–Kier alpha value is -1.76. The van der Waals surface area contributed by atoms with Crippen molar-refractivity contribution in [3.63, 3.8) is 0 Å². The SMILES string of the molecule is O=C(CN1CCOCC1)N[C@@H]1CN(Cc2nc(C(F)(F)F)no2)CC[C@@H]1O. The predicted molar refractivity (Wildman–Crippen MR) is 84.4 cm³/mol. The number of aromatic nitrogens is 2. The summed E-state index contributed by atoms with van der Waals surface area (Å²) in [5, 5.41) is 15.9. The minimum Gasteiger partial charge on any atom is -0.391 e. The Morgan fingerprint density at radius 3 is 2.67 bits per heavy atom. The summed E-state index contributed by atoms with van der Waals surface area (Å²) in [6.07, 6.45) is -5.00. The molecular weight excluding hydrogens is 371 g/mol. The number of likely N-dealkylation sites (tertiary alicyclic amines) is 1. The van der Waals surface area contributed by atoms with Gasteiger partial charge in [-0.3, -0.25) is 14.6 Å². The highest BCUT2D eigenvalue weighted by atomic mass is 19.4. The van der Waals surface area contributed by atoms with Gasteiger partial charge >= 0.3 is 6.18 Å². The summed E-state index contributed by atoms with van der Waals surface area (Å²) >= 11 is 0. The molecule has 2 atom stereocenters. The molecule has 1 aromatic heterocycles. The number of aliphatic hydroxyl groups is 1. The Balaban J connectivity index is 1.51. The van der Waals surface area contributed by atoms with Crippen molar-refractivity contribution in [2.24, 2.45) is 0 Å². The molecule has 9 nitrogen and oxygen atoms in total. The van der Waals surface area contributed by atoms with Gasteiger partial charge in [-0.1, -0.05) is 5.16 Å². The third-order valence-electron chi connectivity index (χ3n) is 4.56. The topological polar surface area (TPSA) is 104 Å². The van der Waals surface area contributed by atoms with Crippen LogP contribution in [0.25, 0.3) is 0 Å². The van der Waals surface area contributed by atoms with Gasteiger partial charge in [-0.05, 0) is 6.42 Å². The number of amides is 1. The quantitative estimate of drug-likeness (QED) is 0.688. The molecule has 0 radical (unpaired) electrons. The van der Waals surface area contributed by atoms with Crippen molar-refractivity contribution in [3.8, 4) is 0 Å². The number of morpholine rings is 1. The highest BCUT2D eigenvalue weighted by Crippen LogP contribution is 2.26. The maximum absolute atomic E-state index is 12.5. The van der Waals surface area contributed by atoms with E-state index in [1.165, 1.54) is 0 Å². The molecule has 2 saturated heterocycles. The van der Waals surface area contributed by atoms with Crippen molar-refractivity contribution in [3.05, 3.63) is 11.7 Å². The molecule has 2 fully saturated rings. The number of rotatable bonds is 5. The van der Waals surface area contributed by atoms with Crippen LogP contribution in [0.3, 0.4) is 0 Å². The lowest BCUT2D eigenvalue weighted by molar-refractivity contribution is -0.146. The zero-order valence-electron chi connectivity index (χ0n) is 14.6. The van der Waals surface area contributed by atoms with E-state index in [9.17, 15) is 23.1 Å². The van der Waals surface area contributed by atoms with E-state index in [-0.39, 0.29) is 31.4 Å². The number of hydrogen-bond acceptors (Lipinski definition) is 8. The Morgan fingerprint density at radius 1 is 1.26 bits per heavy atom. The minimum absolute atomic E-state index is 0.0195. The first-order valence-corrected chi connectivity index (χ1v) is 8.71. The predicted octanol–water partition coefficient (Wildman–Crippen LogP) is -0.528. The van der Waals surface area contributed by atoms with Gasteiger partial charge in [-0.2, -0.15) is 18.2 Å². The van der Waals surface area contributed by atoms with Gasteiger partial charge in [0.1, 0.15) is 0 Å². The van der Waals surface area contributed by atoms with Gasteiger partial charge in [-0.25, -0.2) is 0 Å². The molecule has 2 aliphatic heterocycles. The van der Waals surface area contributed by atoms with Gasteiger partial charge in [0.2, 0.25) is 11.8 Å². The standard InChI is InChI=1S/C15H22F3N5O4/c16-15(17,18)14-20-13(27-21-14)9-23-2-1-11(24)10(7-23)19-12(25)8-22-3-5-26-6-4-22/h10-11,24H,1-9H2,(H,19,25)/t10-,11+/m1/s1. The maximum Gasteiger partial charge on any atom is 0.455 e. The van der Waals surface area contributed by atoms with E-state index in [1.807, 2.05) is 4.90 Å². The second kappa shape index (κ2) is 8.50. The van der Waals surface area contributed by atoms with Crippen LogP contribution < -0.4 is 5.32 Å². The van der Waals surface area contributed by atoms with Crippen LogP contribution in [0.4, 0.5) is 13.2 Å². The second-order valence-corrected chi connectivity index (χ2v) is 6.66. The molecule has 1 amide bonds. The highest BCUT2D eigenvalue weighted by molar-refractivity contribution is 5.78. The lowest BCUT2D eigenvalue weighted by atomic mass is 10.0. The molecule has 3 rings (SSSR count). The number of piperidine rings is 1. The Kier molecular flexibility index (Phi) is 6.29. The van der Waals surface area contributed by atoms with Crippen molar-refractivity contribution < 1.29 is 32.3 Å². The first-order valence-electron chi connectivity index (χ1n) is 8.71. The summed E-state index contributed by atoms with van der Waals surface area (Å²) < 4.78 is 47.5. The van der Waals surface area contributed by atoms with E-state index in [4.69, 9.17) is 4.74 Å². The molecular formula is C15H22F3N5O4. The zero-order valence-corrected chi connectivity index (χ0v) is 14.6. The number of ether oxygens (including phenoxy) is 1. The normalized spacial score (nSPS) is 25.5. The van der Waals surface area contributed by atoms with Crippen LogP contribution in [0.2, 0.25) is 0 Å². The Bertz CT molecular complexity index is 635. The summed E-state index contributed by atoms with van der Waals surface area (Å²) in [6.45, 7) is 3.46. The molecule has 0 aromatic carbocycles. The summed E-state index contributed by atoms with van der Waals surface area (Å²) in [7, 11) is 0. The number of nitrogens with zero attached hydrogens (tertiary/aromatic N) is 4. The fourth-order valence-corrected chi connectivity index (χ4v) is 3.13. The van der Waals surface area contributed by atoms with E-state index >= 15 is 0 Å². The number of nitrogens with one attached hydrogen (secondary N) is 1. The number of halogens is 3. The first-order chi connectivity index (χ1) is 12.8. The van der Waals surface area contributed by atoms with Crippen LogP contribution in [0.5, 0.6) is 0 Å². The first kappa shape index (κ1) is 20.0. The number of aliphatic hydroxyl groups excluding tert-OH is 1. The lowest BCUT2D eigenvalue weighted by Gasteiger charge is -2.36. The largest absolute Gasteiger partial charge is 0.455 e. The van der Waals surface area contributed by atoms with Crippen LogP contribution in [0.15, 0.2) is 4.52 Å². The fourth-order valence-electron chi connectivity index (χ4n) is 3.13. The van der Waals surface area contributed by atoms with Crippen molar-refractivity contribution in [2.45, 2.75) is 31.3 Å². The molecule has 0 aliphatic carbocycles. The maximum atomic E-state index is 12.5. The van der Waals surface area contributed by atoms with Gasteiger partial charge in [-0.15, -0.1) is 0 Å². The van der Waals surface area contributed by atoms with Gasteiger partial charge < -0.3 is 19.7 Å². The van der Waals surface area contributed by atoms with Gasteiger partial charge in [0, 0.05) is 26.2 Å². The number of alkyl halides is 3. The number of hydrogen-bond donors (Lipinski definition) is 2. The van der Waals surface area contributed by atoms with Crippen LogP contribution in [0, 0.1) is 0 Å². The molecule has 0 spiro atoms.